The Balaban J connectivity index is 1.85. The first-order valence-corrected chi connectivity index (χ1v) is 8.03. The molecule has 0 saturated heterocycles. The Hall–Kier alpha value is -3.81. The van der Waals surface area contributed by atoms with Crippen LogP contribution in [0.3, 0.4) is 0 Å². The van der Waals surface area contributed by atoms with Crippen molar-refractivity contribution in [1.82, 2.24) is 19.3 Å². The highest BCUT2D eigenvalue weighted by molar-refractivity contribution is 5.93. The summed E-state index contributed by atoms with van der Waals surface area (Å²) in [6, 6.07) is 10.9. The van der Waals surface area contributed by atoms with Gasteiger partial charge in [0.25, 0.3) is 0 Å². The van der Waals surface area contributed by atoms with E-state index in [1.807, 2.05) is 12.1 Å². The summed E-state index contributed by atoms with van der Waals surface area (Å²) >= 11 is 0. The highest BCUT2D eigenvalue weighted by atomic mass is 19.1. The molecule has 0 aliphatic rings. The number of nitrogens with zero attached hydrogens (tertiary/aromatic N) is 4. The first-order valence-electron chi connectivity index (χ1n) is 8.03. The molecule has 2 aromatic heterocycles. The number of rotatable bonds is 4. The third-order valence-corrected chi connectivity index (χ3v) is 4.22. The Labute approximate surface area is 151 Å². The van der Waals surface area contributed by atoms with Crippen molar-refractivity contribution in [2.45, 2.75) is 6.54 Å². The number of hydrogen-bond donors (Lipinski definition) is 1. The second kappa shape index (κ2) is 6.49. The molecular weight excluding hydrogens is 351 g/mol. The van der Waals surface area contributed by atoms with Crippen LogP contribution in [0.1, 0.15) is 15.9 Å². The van der Waals surface area contributed by atoms with Crippen molar-refractivity contribution < 1.29 is 14.3 Å². The van der Waals surface area contributed by atoms with Crippen LogP contribution in [0.4, 0.5) is 4.39 Å². The number of hydrogen-bond acceptors (Lipinski definition) is 4. The first kappa shape index (κ1) is 16.6. The Morgan fingerprint density at radius 2 is 1.93 bits per heavy atom. The van der Waals surface area contributed by atoms with Crippen molar-refractivity contribution in [1.29, 1.82) is 0 Å². The summed E-state index contributed by atoms with van der Waals surface area (Å²) in [5.74, 6) is -1.84. The third-order valence-electron chi connectivity index (χ3n) is 4.22. The third kappa shape index (κ3) is 3.08. The van der Waals surface area contributed by atoms with Crippen LogP contribution in [0.2, 0.25) is 0 Å². The molecule has 0 radical (unpaired) electrons. The van der Waals surface area contributed by atoms with Crippen molar-refractivity contribution >= 4 is 16.9 Å². The van der Waals surface area contributed by atoms with E-state index in [2.05, 4.69) is 10.1 Å². The molecule has 0 fully saturated rings. The largest absolute Gasteiger partial charge is 0.477 e. The number of aromatic carboxylic acids is 1. The number of pyridine rings is 1. The molecule has 0 bridgehead atoms. The molecule has 1 N–H and O–H groups in total. The minimum absolute atomic E-state index is 0.142. The number of benzene rings is 2. The molecule has 0 saturated carbocycles. The van der Waals surface area contributed by atoms with Gasteiger partial charge < -0.3 is 9.67 Å². The maximum atomic E-state index is 13.8. The molecule has 2 aromatic carbocycles. The van der Waals surface area contributed by atoms with Crippen LogP contribution >= 0.6 is 0 Å². The van der Waals surface area contributed by atoms with Crippen LogP contribution in [0.5, 0.6) is 0 Å². The molecule has 134 valence electrons. The van der Waals surface area contributed by atoms with Crippen LogP contribution in [0, 0.1) is 5.82 Å². The highest BCUT2D eigenvalue weighted by Crippen LogP contribution is 2.20. The number of fused-ring (bicyclic) bond motifs is 1. The maximum Gasteiger partial charge on any atom is 0.341 e. The molecule has 2 heterocycles. The van der Waals surface area contributed by atoms with Crippen LogP contribution in [-0.2, 0) is 6.54 Å². The molecule has 0 aliphatic carbocycles. The number of halogens is 1. The molecule has 0 unspecified atom stereocenters. The fourth-order valence-electron chi connectivity index (χ4n) is 2.93. The lowest BCUT2D eigenvalue weighted by Gasteiger charge is -2.13. The van der Waals surface area contributed by atoms with Crippen molar-refractivity contribution in [3.63, 3.8) is 0 Å². The average molecular weight is 364 g/mol. The highest BCUT2D eigenvalue weighted by Gasteiger charge is 2.16. The van der Waals surface area contributed by atoms with Gasteiger partial charge in [0.1, 0.15) is 24.0 Å². The van der Waals surface area contributed by atoms with Crippen LogP contribution in [-0.4, -0.2) is 30.4 Å². The minimum Gasteiger partial charge on any atom is -0.477 e. The van der Waals surface area contributed by atoms with Crippen molar-refractivity contribution in [3.05, 3.63) is 88.5 Å². The summed E-state index contributed by atoms with van der Waals surface area (Å²) in [7, 11) is 0. The zero-order chi connectivity index (χ0) is 19.0. The summed E-state index contributed by atoms with van der Waals surface area (Å²) in [4.78, 5) is 27.7. The summed E-state index contributed by atoms with van der Waals surface area (Å²) in [5.41, 5.74) is 0.848. The van der Waals surface area contributed by atoms with Crippen LogP contribution in [0.15, 0.2) is 66.1 Å². The Morgan fingerprint density at radius 1 is 1.15 bits per heavy atom. The Kier molecular flexibility index (Phi) is 4.00. The Bertz CT molecular complexity index is 1200. The van der Waals surface area contributed by atoms with Crippen LogP contribution in [0.25, 0.3) is 16.6 Å². The van der Waals surface area contributed by atoms with Crippen molar-refractivity contribution in [3.8, 4) is 5.69 Å². The van der Waals surface area contributed by atoms with E-state index in [9.17, 15) is 19.1 Å². The van der Waals surface area contributed by atoms with Crippen molar-refractivity contribution in [2.24, 2.45) is 0 Å². The Morgan fingerprint density at radius 3 is 2.59 bits per heavy atom. The van der Waals surface area contributed by atoms with E-state index < -0.39 is 17.2 Å². The van der Waals surface area contributed by atoms with Gasteiger partial charge in [-0.15, -0.1) is 0 Å². The number of carboxylic acids is 1. The normalized spacial score (nSPS) is 11.0. The van der Waals surface area contributed by atoms with E-state index in [4.69, 9.17) is 0 Å². The van der Waals surface area contributed by atoms with Crippen LogP contribution < -0.4 is 5.43 Å². The molecule has 0 aliphatic heterocycles. The van der Waals surface area contributed by atoms with E-state index in [1.165, 1.54) is 29.2 Å². The monoisotopic (exact) mass is 364 g/mol. The maximum absolute atomic E-state index is 13.8. The molecule has 8 heteroatoms. The lowest BCUT2D eigenvalue weighted by atomic mass is 10.1. The van der Waals surface area contributed by atoms with Crippen molar-refractivity contribution in [2.75, 3.05) is 0 Å². The van der Waals surface area contributed by atoms with Gasteiger partial charge in [0.2, 0.25) is 5.43 Å². The van der Waals surface area contributed by atoms with Gasteiger partial charge in [-0.2, -0.15) is 5.10 Å². The first-order chi connectivity index (χ1) is 13.0. The fourth-order valence-corrected chi connectivity index (χ4v) is 2.93. The number of carboxylic acid groups (broad SMARTS) is 1. The van der Waals surface area contributed by atoms with Gasteiger partial charge in [-0.05, 0) is 35.9 Å². The van der Waals surface area contributed by atoms with E-state index in [0.717, 1.165) is 11.6 Å². The van der Waals surface area contributed by atoms with Gasteiger partial charge in [-0.1, -0.05) is 12.1 Å². The topological polar surface area (TPSA) is 90.0 Å². The van der Waals surface area contributed by atoms with E-state index in [1.54, 1.807) is 23.1 Å². The van der Waals surface area contributed by atoms with Gasteiger partial charge in [0.15, 0.2) is 0 Å². The summed E-state index contributed by atoms with van der Waals surface area (Å²) in [5, 5.41) is 13.5. The predicted molar refractivity (Wildman–Crippen MR) is 95.6 cm³/mol. The summed E-state index contributed by atoms with van der Waals surface area (Å²) in [6.07, 6.45) is 4.27. The fraction of sp³-hybridized carbons (Fsp3) is 0.0526. The molecule has 0 spiro atoms. The smallest absolute Gasteiger partial charge is 0.341 e. The SMILES string of the molecule is O=C(O)c1cn(-c2ccc(Cn3cncn3)cc2)c2cc(F)ccc2c1=O. The summed E-state index contributed by atoms with van der Waals surface area (Å²) < 4.78 is 16.9. The average Bonchev–Trinajstić information content (AvgIpc) is 3.15. The van der Waals surface area contributed by atoms with Gasteiger partial charge in [0.05, 0.1) is 12.1 Å². The van der Waals surface area contributed by atoms with E-state index >= 15 is 0 Å². The second-order valence-electron chi connectivity index (χ2n) is 5.97. The predicted octanol–water partition coefficient (Wildman–Crippen LogP) is 2.47. The molecule has 0 amide bonds. The lowest BCUT2D eigenvalue weighted by Crippen LogP contribution is -2.18. The van der Waals surface area contributed by atoms with Gasteiger partial charge in [0, 0.05) is 17.3 Å². The lowest BCUT2D eigenvalue weighted by molar-refractivity contribution is 0.0695. The van der Waals surface area contributed by atoms with E-state index in [-0.39, 0.29) is 10.9 Å². The zero-order valence-corrected chi connectivity index (χ0v) is 13.9. The molecule has 27 heavy (non-hydrogen) atoms. The van der Waals surface area contributed by atoms with Gasteiger partial charge in [-0.25, -0.2) is 18.9 Å². The molecule has 7 nitrogen and oxygen atoms in total. The zero-order valence-electron chi connectivity index (χ0n) is 13.9. The van der Waals surface area contributed by atoms with Gasteiger partial charge >= 0.3 is 5.97 Å². The number of carbonyl (C=O) groups is 1. The quantitative estimate of drug-likeness (QED) is 0.601. The van der Waals surface area contributed by atoms with Gasteiger partial charge in [-0.3, -0.25) is 4.79 Å². The standard InChI is InChI=1S/C19H13FN4O3/c20-13-3-6-15-17(7-13)24(9-16(18(15)25)19(26)27)14-4-1-12(2-5-14)8-23-11-21-10-22-23/h1-7,9-11H,8H2,(H,26,27). The molecular formula is C19H13FN4O3. The number of aromatic nitrogens is 4. The molecule has 4 aromatic rings. The minimum atomic E-state index is -1.33. The van der Waals surface area contributed by atoms with E-state index in [0.29, 0.717) is 17.7 Å². The molecule has 0 atom stereocenters. The molecule has 4 rings (SSSR count). The second-order valence-corrected chi connectivity index (χ2v) is 5.97. The summed E-state index contributed by atoms with van der Waals surface area (Å²) in [6.45, 7) is 0.528.